The van der Waals surface area contributed by atoms with Gasteiger partial charge in [0.1, 0.15) is 5.15 Å². The lowest BCUT2D eigenvalue weighted by molar-refractivity contribution is 0.0691. The molecule has 4 aromatic rings. The second kappa shape index (κ2) is 9.97. The minimum Gasteiger partial charge on any atom is -0.476 e. The van der Waals surface area contributed by atoms with Gasteiger partial charge in [0.15, 0.2) is 5.69 Å². The molecule has 0 bridgehead atoms. The summed E-state index contributed by atoms with van der Waals surface area (Å²) in [4.78, 5) is 38.6. The Labute approximate surface area is 224 Å². The van der Waals surface area contributed by atoms with Gasteiger partial charge in [-0.1, -0.05) is 17.7 Å². The van der Waals surface area contributed by atoms with E-state index >= 15 is 0 Å². The van der Waals surface area contributed by atoms with Crippen LogP contribution in [0.25, 0.3) is 10.9 Å². The average Bonchev–Trinajstić information content (AvgIpc) is 3.33. The number of hydrogen-bond donors (Lipinski definition) is 2. The number of anilines is 3. The van der Waals surface area contributed by atoms with Crippen LogP contribution >= 0.6 is 11.6 Å². The van der Waals surface area contributed by atoms with Crippen molar-refractivity contribution in [1.29, 1.82) is 0 Å². The van der Waals surface area contributed by atoms with Gasteiger partial charge in [-0.3, -0.25) is 14.0 Å². The Balaban J connectivity index is 1.50. The molecule has 2 N–H and O–H groups in total. The van der Waals surface area contributed by atoms with Crippen LogP contribution in [0.2, 0.25) is 5.15 Å². The monoisotopic (exact) mass is 536 g/mol. The molecule has 38 heavy (non-hydrogen) atoms. The molecule has 198 valence electrons. The fourth-order valence-corrected chi connectivity index (χ4v) is 5.06. The summed E-state index contributed by atoms with van der Waals surface area (Å²) in [6.07, 6.45) is 3.85. The first-order valence-electron chi connectivity index (χ1n) is 12.3. The van der Waals surface area contributed by atoms with Crippen LogP contribution < -0.4 is 20.7 Å². The van der Waals surface area contributed by atoms with Crippen LogP contribution in [-0.2, 0) is 14.1 Å². The number of carbonyl (C=O) groups is 1. The van der Waals surface area contributed by atoms with E-state index in [1.54, 1.807) is 22.4 Å². The molecule has 0 unspecified atom stereocenters. The van der Waals surface area contributed by atoms with Crippen LogP contribution in [0.15, 0.2) is 41.5 Å². The average molecular weight is 537 g/mol. The highest BCUT2D eigenvalue weighted by atomic mass is 35.5. The molecule has 1 aliphatic heterocycles. The molecule has 11 nitrogen and oxygen atoms in total. The normalized spacial score (nSPS) is 14.7. The molecule has 0 radical (unpaired) electrons. The van der Waals surface area contributed by atoms with Crippen LogP contribution in [-0.4, -0.2) is 61.6 Å². The maximum absolute atomic E-state index is 13.5. The fraction of sp³-hybridized carbons (Fsp3) is 0.346. The van der Waals surface area contributed by atoms with Crippen molar-refractivity contribution in [1.82, 2.24) is 24.3 Å². The van der Waals surface area contributed by atoms with Crippen LogP contribution in [0.4, 0.5) is 17.3 Å². The number of rotatable bonds is 6. The van der Waals surface area contributed by atoms with Crippen molar-refractivity contribution >= 4 is 45.8 Å². The summed E-state index contributed by atoms with van der Waals surface area (Å²) in [6.45, 7) is 6.79. The number of nitrogens with zero attached hydrogens (tertiary/aromatic N) is 7. The molecule has 4 heterocycles. The van der Waals surface area contributed by atoms with E-state index in [-0.39, 0.29) is 22.4 Å². The summed E-state index contributed by atoms with van der Waals surface area (Å²) < 4.78 is 3.39. The van der Waals surface area contributed by atoms with E-state index in [0.29, 0.717) is 35.6 Å². The third kappa shape index (κ3) is 4.76. The number of halogens is 1. The summed E-state index contributed by atoms with van der Waals surface area (Å²) in [5, 5.41) is 17.7. The quantitative estimate of drug-likeness (QED) is 0.358. The maximum atomic E-state index is 13.5. The zero-order valence-electron chi connectivity index (χ0n) is 21.6. The van der Waals surface area contributed by atoms with Gasteiger partial charge >= 0.3 is 5.97 Å². The number of nitrogens with one attached hydrogen (secondary N) is 1. The molecular weight excluding hydrogens is 508 g/mol. The summed E-state index contributed by atoms with van der Waals surface area (Å²) >= 11 is 5.92. The molecule has 0 aliphatic carbocycles. The zero-order valence-corrected chi connectivity index (χ0v) is 22.4. The summed E-state index contributed by atoms with van der Waals surface area (Å²) in [7, 11) is 3.65. The lowest BCUT2D eigenvalue weighted by Gasteiger charge is -2.36. The van der Waals surface area contributed by atoms with Gasteiger partial charge in [-0.25, -0.2) is 14.8 Å². The first-order chi connectivity index (χ1) is 18.1. The molecule has 1 aromatic carbocycles. The zero-order chi connectivity index (χ0) is 27.1. The number of aryl methyl sites for hydroxylation is 2. The van der Waals surface area contributed by atoms with Gasteiger partial charge in [-0.2, -0.15) is 5.10 Å². The smallest absolute Gasteiger partial charge is 0.356 e. The number of benzene rings is 1. The topological polar surface area (TPSA) is 121 Å². The van der Waals surface area contributed by atoms with Crippen molar-refractivity contribution in [2.75, 3.05) is 41.3 Å². The number of aromatic carboxylic acids is 1. The molecule has 0 amide bonds. The van der Waals surface area contributed by atoms with Crippen molar-refractivity contribution in [2.45, 2.75) is 19.9 Å². The van der Waals surface area contributed by atoms with E-state index in [0.717, 1.165) is 29.9 Å². The lowest BCUT2D eigenvalue weighted by atomic mass is 10.0. The number of carboxylic acids is 1. The Bertz CT molecular complexity index is 1590. The van der Waals surface area contributed by atoms with Gasteiger partial charge in [0, 0.05) is 52.0 Å². The molecule has 0 spiro atoms. The Morgan fingerprint density at radius 3 is 2.47 bits per heavy atom. The van der Waals surface area contributed by atoms with Crippen LogP contribution in [0, 0.1) is 6.92 Å². The number of pyridine rings is 1. The molecule has 12 heteroatoms. The molecular formula is C26H29ClN8O3. The Hall–Kier alpha value is -4.12. The van der Waals surface area contributed by atoms with Gasteiger partial charge in [0.25, 0.3) is 5.56 Å². The number of carboxylic acid groups (broad SMARTS) is 1. The van der Waals surface area contributed by atoms with E-state index in [1.807, 2.05) is 45.4 Å². The van der Waals surface area contributed by atoms with Gasteiger partial charge in [0.05, 0.1) is 34.5 Å². The summed E-state index contributed by atoms with van der Waals surface area (Å²) in [5.41, 5.74) is 3.39. The van der Waals surface area contributed by atoms with Crippen molar-refractivity contribution in [3.8, 4) is 0 Å². The predicted molar refractivity (Wildman–Crippen MR) is 148 cm³/mol. The number of hydrogen-bond acceptors (Lipinski definition) is 8. The highest BCUT2D eigenvalue weighted by Crippen LogP contribution is 2.29. The Kier molecular flexibility index (Phi) is 6.70. The highest BCUT2D eigenvalue weighted by molar-refractivity contribution is 6.29. The number of piperazine rings is 1. The largest absolute Gasteiger partial charge is 0.476 e. The highest BCUT2D eigenvalue weighted by Gasteiger charge is 2.24. The van der Waals surface area contributed by atoms with Crippen molar-refractivity contribution in [3.05, 3.63) is 69.0 Å². The van der Waals surface area contributed by atoms with Gasteiger partial charge in [-0.15, -0.1) is 0 Å². The third-order valence-corrected chi connectivity index (χ3v) is 7.06. The predicted octanol–water partition coefficient (Wildman–Crippen LogP) is 3.22. The maximum Gasteiger partial charge on any atom is 0.356 e. The van der Waals surface area contributed by atoms with E-state index in [2.05, 4.69) is 25.2 Å². The lowest BCUT2D eigenvalue weighted by Crippen LogP contribution is -2.48. The molecule has 1 fully saturated rings. The molecule has 5 rings (SSSR count). The summed E-state index contributed by atoms with van der Waals surface area (Å²) in [5.74, 6) is -0.582. The second-order valence-corrected chi connectivity index (χ2v) is 9.96. The minimum atomic E-state index is -1.18. The third-order valence-electron chi connectivity index (χ3n) is 6.85. The molecule has 1 saturated heterocycles. The van der Waals surface area contributed by atoms with Gasteiger partial charge < -0.3 is 20.2 Å². The van der Waals surface area contributed by atoms with E-state index in [1.165, 1.54) is 6.07 Å². The number of fused-ring (bicyclic) bond motifs is 1. The van der Waals surface area contributed by atoms with Gasteiger partial charge in [-0.05, 0) is 37.6 Å². The van der Waals surface area contributed by atoms with Crippen molar-refractivity contribution < 1.29 is 9.90 Å². The molecule has 3 aromatic heterocycles. The SMILES string of the molecule is Cc1cc([C@@H](C)Nc2ccc(Cl)nc2C(=O)O)c2nc(N3CCN(c4cnn(C)c4)CC3)n(C)c(=O)c2c1. The van der Waals surface area contributed by atoms with Crippen molar-refractivity contribution in [2.24, 2.45) is 14.1 Å². The van der Waals surface area contributed by atoms with E-state index < -0.39 is 5.97 Å². The van der Waals surface area contributed by atoms with E-state index in [9.17, 15) is 14.7 Å². The van der Waals surface area contributed by atoms with Crippen molar-refractivity contribution in [3.63, 3.8) is 0 Å². The van der Waals surface area contributed by atoms with Crippen LogP contribution in [0.5, 0.6) is 0 Å². The van der Waals surface area contributed by atoms with E-state index in [4.69, 9.17) is 16.6 Å². The standard InChI is InChI=1S/C26H29ClN8O3/c1-15-11-18(16(2)29-20-5-6-21(27)30-23(20)25(37)38)22-19(12-15)24(36)33(4)26(31-22)35-9-7-34(8-10-35)17-13-28-32(3)14-17/h5-6,11-14,16,29H,7-10H2,1-4H3,(H,37,38)/t16-/m1/s1. The van der Waals surface area contributed by atoms with Gasteiger partial charge in [0.2, 0.25) is 5.95 Å². The Morgan fingerprint density at radius 2 is 1.82 bits per heavy atom. The number of aromatic nitrogens is 5. The van der Waals surface area contributed by atoms with Crippen LogP contribution in [0.1, 0.15) is 34.6 Å². The first-order valence-corrected chi connectivity index (χ1v) is 12.7. The summed E-state index contributed by atoms with van der Waals surface area (Å²) in [6, 6.07) is 6.58. The Morgan fingerprint density at radius 1 is 1.11 bits per heavy atom. The van der Waals surface area contributed by atoms with Crippen LogP contribution in [0.3, 0.4) is 0 Å². The first kappa shape index (κ1) is 25.5. The second-order valence-electron chi connectivity index (χ2n) is 9.57. The molecule has 1 atom stereocenters. The molecule has 0 saturated carbocycles. The minimum absolute atomic E-state index is 0.0973. The fourth-order valence-electron chi connectivity index (χ4n) is 4.92. The molecule has 1 aliphatic rings.